The number of nitrogens with zero attached hydrogens (tertiary/aromatic N) is 1. The highest BCUT2D eigenvalue weighted by Gasteiger charge is 2.47. The molecule has 0 unspecified atom stereocenters. The molecule has 7 aromatic rings. The van der Waals surface area contributed by atoms with Gasteiger partial charge >= 0.3 is 55.3 Å². The van der Waals surface area contributed by atoms with Crippen molar-refractivity contribution >= 4 is 38.9 Å². The maximum absolute atomic E-state index is 14.2. The Kier molecular flexibility index (Phi) is 15.0. The number of aromatic nitrogens is 1. The van der Waals surface area contributed by atoms with Crippen molar-refractivity contribution in [1.29, 1.82) is 0 Å². The second kappa shape index (κ2) is 19.7. The molecule has 28 heteroatoms. The second-order valence-electron chi connectivity index (χ2n) is 16.7. The summed E-state index contributed by atoms with van der Waals surface area (Å²) in [5, 5.41) is 20.4. The third kappa shape index (κ3) is 12.7. The Bertz CT molecular complexity index is 2820. The second-order valence-corrected chi connectivity index (χ2v) is 16.7. The molecule has 6 aromatic carbocycles. The van der Waals surface area contributed by atoms with Crippen LogP contribution in [0.1, 0.15) is 50.1 Å². The highest BCUT2D eigenvalue weighted by Crippen LogP contribution is 2.41. The van der Waals surface area contributed by atoms with Crippen molar-refractivity contribution in [1.82, 2.24) is 0 Å². The highest BCUT2D eigenvalue weighted by atomic mass is 19.4. The molecule has 1 heterocycles. The largest absolute Gasteiger partial charge is 0.508 e. The Hall–Kier alpha value is -7.29. The summed E-state index contributed by atoms with van der Waals surface area (Å²) in [5.41, 5.74) is -28.2. The van der Waals surface area contributed by atoms with Crippen molar-refractivity contribution in [3.63, 3.8) is 0 Å². The minimum absolute atomic E-state index is 0.210. The normalized spacial score (nSPS) is 13.4. The highest BCUT2D eigenvalue weighted by molar-refractivity contribution is 7.20. The number of rotatable bonds is 6. The fourth-order valence-corrected chi connectivity index (χ4v) is 8.30. The van der Waals surface area contributed by atoms with E-state index in [-0.39, 0.29) is 11.6 Å². The Labute approximate surface area is 409 Å². The van der Waals surface area contributed by atoms with Gasteiger partial charge in [-0.05, 0) is 42.5 Å². The summed E-state index contributed by atoms with van der Waals surface area (Å²) in [6, 6.07) is 9.72. The average molecular weight is 1120 g/mol. The SMILES string of the molecule is FC(F)(F)c1cc([B-](c2cc(C(F)(F)F)cc(C(F)(F)F)c2)(c2cc(C(F)(F)F)cc(C(F)(F)F)c2)c2cc(C(F)(F)F)cc(C(F)(F)F)c2)cc(C(F)(F)F)c1.Oc1ccc2c(ccc(O)[n+]2Cc2ccccc2)c1. The first-order valence-electron chi connectivity index (χ1n) is 20.7. The van der Waals surface area contributed by atoms with Crippen LogP contribution in [-0.4, -0.2) is 16.4 Å². The van der Waals surface area contributed by atoms with Gasteiger partial charge in [0, 0.05) is 11.6 Å². The van der Waals surface area contributed by atoms with Gasteiger partial charge in [0.05, 0.1) is 56.0 Å². The first kappa shape index (κ1) is 58.0. The van der Waals surface area contributed by atoms with E-state index in [9.17, 15) is 116 Å². The van der Waals surface area contributed by atoms with E-state index in [1.165, 1.54) is 0 Å². The first-order valence-corrected chi connectivity index (χ1v) is 20.7. The van der Waals surface area contributed by atoms with Crippen LogP contribution >= 0.6 is 0 Å². The molecule has 0 fully saturated rings. The van der Waals surface area contributed by atoms with Crippen molar-refractivity contribution in [2.75, 3.05) is 0 Å². The zero-order valence-electron chi connectivity index (χ0n) is 36.9. The monoisotopic (exact) mass is 1120 g/mol. The minimum Gasteiger partial charge on any atom is -0.508 e. The molecule has 0 aliphatic rings. The summed E-state index contributed by atoms with van der Waals surface area (Å²) >= 11 is 0. The molecular weight excluding hydrogens is 1090 g/mol. The standard InChI is InChI=1S/C32H12BF24.C16H13NO2/c34-25(35,36)13-1-14(26(37,38)39)6-21(5-13)33(22-7-15(27(40,41)42)2-16(8-22)28(43,44)45,23-9-17(29(46,47)48)3-18(10-23)30(49,50)51)24-11-19(31(52,53)54)4-20(12-24)32(55,56)57;18-14-7-8-15-13(10-14)6-9-16(19)17(15)11-12-4-2-1-3-5-12/h1-12H;1-10,18H,11H2/q-1;/p+1. The van der Waals surface area contributed by atoms with Gasteiger partial charge in [0.2, 0.25) is 5.52 Å². The molecule has 0 saturated heterocycles. The summed E-state index contributed by atoms with van der Waals surface area (Å²) < 4.78 is 343. The number of hydrogen-bond acceptors (Lipinski definition) is 2. The molecule has 3 nitrogen and oxygen atoms in total. The van der Waals surface area contributed by atoms with E-state index in [1.807, 2.05) is 41.0 Å². The molecule has 1 aromatic heterocycles. The quantitative estimate of drug-likeness (QED) is 0.0990. The lowest BCUT2D eigenvalue weighted by molar-refractivity contribution is -0.668. The smallest absolute Gasteiger partial charge is 0.416 e. The molecule has 0 spiro atoms. The number of hydrogen-bond donors (Lipinski definition) is 2. The Morgan fingerprint density at radius 2 is 0.592 bits per heavy atom. The predicted molar refractivity (Wildman–Crippen MR) is 223 cm³/mol. The minimum atomic E-state index is -6.13. The lowest BCUT2D eigenvalue weighted by Crippen LogP contribution is -2.75. The van der Waals surface area contributed by atoms with Crippen molar-refractivity contribution in [2.24, 2.45) is 0 Å². The van der Waals surface area contributed by atoms with Crippen LogP contribution in [0.4, 0.5) is 105 Å². The van der Waals surface area contributed by atoms with Crippen molar-refractivity contribution in [3.8, 4) is 11.6 Å². The molecule has 2 N–H and O–H groups in total. The van der Waals surface area contributed by atoms with E-state index in [1.54, 1.807) is 24.3 Å². The number of phenols is 1. The number of aromatic hydroxyl groups is 2. The van der Waals surface area contributed by atoms with Crippen molar-refractivity contribution in [3.05, 3.63) is 184 Å². The predicted octanol–water partition coefficient (Wildman–Crippen LogP) is 13.8. The van der Waals surface area contributed by atoms with Crippen LogP contribution in [0.25, 0.3) is 10.9 Å². The lowest BCUT2D eigenvalue weighted by atomic mass is 9.12. The van der Waals surface area contributed by atoms with Crippen LogP contribution in [0, 0.1) is 0 Å². The third-order valence-electron chi connectivity index (χ3n) is 11.6. The number of benzene rings is 6. The van der Waals surface area contributed by atoms with Crippen molar-refractivity contribution < 1.29 is 120 Å². The van der Waals surface area contributed by atoms with Gasteiger partial charge < -0.3 is 10.2 Å². The van der Waals surface area contributed by atoms with E-state index in [2.05, 4.69) is 0 Å². The molecule has 0 bridgehead atoms. The maximum atomic E-state index is 14.2. The van der Waals surface area contributed by atoms with Gasteiger partial charge in [-0.2, -0.15) is 132 Å². The number of phenolic OH excluding ortho intramolecular Hbond substituents is 1. The number of alkyl halides is 24. The van der Waals surface area contributed by atoms with E-state index < -0.39 is 195 Å². The van der Waals surface area contributed by atoms with Crippen LogP contribution in [0.2, 0.25) is 0 Å². The molecule has 0 aliphatic carbocycles. The fourth-order valence-electron chi connectivity index (χ4n) is 8.30. The molecule has 0 atom stereocenters. The summed E-state index contributed by atoms with van der Waals surface area (Å²) in [6.07, 6.45) is -54.8. The van der Waals surface area contributed by atoms with Crippen LogP contribution in [0.5, 0.6) is 11.6 Å². The molecule has 0 aliphatic heterocycles. The molecule has 0 saturated carbocycles. The first-order chi connectivity index (χ1) is 34.5. The van der Waals surface area contributed by atoms with E-state index in [0.717, 1.165) is 16.5 Å². The summed E-state index contributed by atoms with van der Waals surface area (Å²) in [4.78, 5) is 0. The Morgan fingerprint density at radius 3 is 0.855 bits per heavy atom. The lowest BCUT2D eigenvalue weighted by Gasteiger charge is -2.46. The van der Waals surface area contributed by atoms with Crippen LogP contribution < -0.4 is 26.4 Å². The van der Waals surface area contributed by atoms with E-state index >= 15 is 0 Å². The van der Waals surface area contributed by atoms with Gasteiger partial charge in [0.25, 0.3) is 0 Å². The van der Waals surface area contributed by atoms with Crippen molar-refractivity contribution in [2.45, 2.75) is 56.0 Å². The zero-order chi connectivity index (χ0) is 57.2. The average Bonchev–Trinajstić information content (AvgIpc) is 3.28. The van der Waals surface area contributed by atoms with E-state index in [4.69, 9.17) is 0 Å². The van der Waals surface area contributed by atoms with Gasteiger partial charge in [0.15, 0.2) is 6.54 Å². The topological polar surface area (TPSA) is 44.3 Å². The molecule has 7 rings (SSSR count). The summed E-state index contributed by atoms with van der Waals surface area (Å²) in [7, 11) is 0. The Balaban J connectivity index is 0.000000408. The fraction of sp³-hybridized carbons (Fsp3) is 0.188. The molecule has 0 amide bonds. The molecule has 406 valence electrons. The Morgan fingerprint density at radius 1 is 0.316 bits per heavy atom. The van der Waals surface area contributed by atoms with Gasteiger partial charge in [-0.15, -0.1) is 0 Å². The van der Waals surface area contributed by atoms with E-state index in [0.29, 0.717) is 6.54 Å². The number of halogens is 24. The van der Waals surface area contributed by atoms with Gasteiger partial charge in [0.1, 0.15) is 11.9 Å². The number of fused-ring (bicyclic) bond motifs is 1. The molecular formula is C48H26BF24NO2. The zero-order valence-corrected chi connectivity index (χ0v) is 36.9. The van der Waals surface area contributed by atoms with Crippen LogP contribution in [0.15, 0.2) is 133 Å². The van der Waals surface area contributed by atoms with Gasteiger partial charge in [-0.1, -0.05) is 78.9 Å². The number of pyridine rings is 1. The van der Waals surface area contributed by atoms with Gasteiger partial charge in [-0.25, -0.2) is 0 Å². The molecule has 76 heavy (non-hydrogen) atoms. The van der Waals surface area contributed by atoms with Crippen LogP contribution in [0.3, 0.4) is 0 Å². The third-order valence-corrected chi connectivity index (χ3v) is 11.6. The van der Waals surface area contributed by atoms with Gasteiger partial charge in [-0.3, -0.25) is 0 Å². The summed E-state index contributed by atoms with van der Waals surface area (Å²) in [6.45, 7) is 0.592. The molecule has 0 radical (unpaired) electrons. The maximum Gasteiger partial charge on any atom is 0.416 e. The summed E-state index contributed by atoms with van der Waals surface area (Å²) in [5.74, 6) is 0.437. The van der Waals surface area contributed by atoms with Crippen LogP contribution in [-0.2, 0) is 56.0 Å².